The maximum absolute atomic E-state index is 4.61. The molecule has 203 valence electrons. The molecule has 0 fully saturated rings. The Labute approximate surface area is 253 Å². The molecule has 0 heterocycles. The van der Waals surface area contributed by atoms with Crippen LogP contribution in [0.5, 0.6) is 0 Å². The molecule has 3 aromatic carbocycles. The molecule has 3 radical (unpaired) electrons. The molecule has 0 nitrogen and oxygen atoms in total. The summed E-state index contributed by atoms with van der Waals surface area (Å²) in [6.45, 7) is 14.8. The van der Waals surface area contributed by atoms with Crippen molar-refractivity contribution in [1.82, 2.24) is 0 Å². The first kappa shape index (κ1) is 36.8. The van der Waals surface area contributed by atoms with E-state index in [-0.39, 0.29) is 0 Å². The standard InChI is InChI=1S/C18H15P.3C4H9.C3H4.ClH.Pd.Sn/c1-4-10-16(11-5-1)19(17-12-6-2-7-13-17)18-14-8-3-9-15-18;3*1-3-4-2;1-3-2;;;/h1-15H;3*1,3-4H2,2H3;1,3H,2H2;1H;;/q;;;;-1;;+2;+1/p-1. The van der Waals surface area contributed by atoms with Gasteiger partial charge >= 0.3 is 120 Å². The molecule has 0 atom stereocenters. The molecule has 3 aromatic rings. The summed E-state index contributed by atoms with van der Waals surface area (Å²) in [5, 5.41) is 4.19. The Balaban J connectivity index is 0.000000631. The summed E-state index contributed by atoms with van der Waals surface area (Å²) >= 11 is 1.38. The van der Waals surface area contributed by atoms with Gasteiger partial charge in [-0.1, -0.05) is 97.9 Å². The predicted molar refractivity (Wildman–Crippen MR) is 170 cm³/mol. The van der Waals surface area contributed by atoms with Gasteiger partial charge in [0.2, 0.25) is 0 Å². The smallest absolute Gasteiger partial charge is 0.0134 e. The van der Waals surface area contributed by atoms with E-state index in [1.165, 1.54) is 60.9 Å². The summed E-state index contributed by atoms with van der Waals surface area (Å²) in [5.74, 6) is 0. The van der Waals surface area contributed by atoms with E-state index in [4.69, 9.17) is 0 Å². The minimum absolute atomic E-state index is 0.446. The van der Waals surface area contributed by atoms with E-state index in [0.29, 0.717) is 0 Å². The average Bonchev–Trinajstić information content (AvgIpc) is 2.96. The van der Waals surface area contributed by atoms with Crippen LogP contribution in [0.4, 0.5) is 0 Å². The first-order valence-electron chi connectivity index (χ1n) is 13.4. The van der Waals surface area contributed by atoms with E-state index in [0.717, 1.165) is 0 Å². The fourth-order valence-corrected chi connectivity index (χ4v) is 15.6. The molecule has 37 heavy (non-hydrogen) atoms. The summed E-state index contributed by atoms with van der Waals surface area (Å²) in [6, 6.07) is 32.3. The molecule has 3 rings (SSSR count). The van der Waals surface area contributed by atoms with Crippen molar-refractivity contribution in [3.63, 3.8) is 0 Å². The van der Waals surface area contributed by atoms with Gasteiger partial charge < -0.3 is 6.92 Å². The molecule has 0 saturated carbocycles. The quantitative estimate of drug-likeness (QED) is 0.0989. The molecule has 0 aliphatic rings. The zero-order valence-electron chi connectivity index (χ0n) is 23.0. The van der Waals surface area contributed by atoms with Crippen LogP contribution in [0.15, 0.2) is 91.0 Å². The van der Waals surface area contributed by atoms with Crippen molar-refractivity contribution in [2.45, 2.75) is 72.6 Å². The number of hydrogen-bond acceptors (Lipinski definition) is 0. The Hall–Kier alpha value is -0.159. The van der Waals surface area contributed by atoms with E-state index in [1.807, 2.05) is 0 Å². The number of unbranched alkanes of at least 4 members (excludes halogenated alkanes) is 3. The third-order valence-electron chi connectivity index (χ3n) is 5.69. The van der Waals surface area contributed by atoms with Gasteiger partial charge in [0, 0.05) is 0 Å². The molecule has 0 aliphatic heterocycles. The van der Waals surface area contributed by atoms with Crippen LogP contribution in [0.25, 0.3) is 0 Å². The maximum atomic E-state index is 4.61. The number of hydrogen-bond donors (Lipinski definition) is 0. The van der Waals surface area contributed by atoms with Crippen LogP contribution < -0.4 is 15.9 Å². The number of rotatable bonds is 12. The second-order valence-corrected chi connectivity index (χ2v) is 19.4. The average molecular weight is 734 g/mol. The van der Waals surface area contributed by atoms with Crippen molar-refractivity contribution < 1.29 is 18.2 Å². The molecule has 0 unspecified atom stereocenters. The van der Waals surface area contributed by atoms with Gasteiger partial charge in [-0.3, -0.25) is 0 Å². The summed E-state index contributed by atoms with van der Waals surface area (Å²) in [7, 11) is 4.04. The van der Waals surface area contributed by atoms with Crippen LogP contribution in [0.1, 0.15) is 59.3 Å². The van der Waals surface area contributed by atoms with E-state index < -0.39 is 27.7 Å². The summed E-state index contributed by atoms with van der Waals surface area (Å²) in [6.07, 6.45) is 10.1. The van der Waals surface area contributed by atoms with Crippen molar-refractivity contribution in [2.24, 2.45) is 0 Å². The SMILES string of the molecule is CCC[CH2][Sn+]([CH2]CCC)[CH2]CCC.[CH-][CH][CH2].[Cl][Pd+].c1ccc(P(c2ccccc2)c2ccccc2)cc1. The maximum Gasteiger partial charge on any atom is -0.0134 e. The summed E-state index contributed by atoms with van der Waals surface area (Å²) < 4.78 is 5.04. The molecule has 0 bridgehead atoms. The molecule has 0 saturated heterocycles. The monoisotopic (exact) mass is 734 g/mol. The Morgan fingerprint density at radius 1 is 0.649 bits per heavy atom. The van der Waals surface area contributed by atoms with Crippen LogP contribution in [0.3, 0.4) is 0 Å². The van der Waals surface area contributed by atoms with Gasteiger partial charge in [-0.05, 0) is 23.8 Å². The van der Waals surface area contributed by atoms with Crippen LogP contribution in [-0.4, -0.2) is 19.8 Å². The van der Waals surface area contributed by atoms with Crippen LogP contribution >= 0.6 is 17.5 Å². The van der Waals surface area contributed by atoms with Gasteiger partial charge in [0.1, 0.15) is 0 Å². The molecular formula is C33H46ClPPdSn+. The molecule has 0 amide bonds. The van der Waals surface area contributed by atoms with Crippen LogP contribution in [-0.2, 0) is 18.2 Å². The molecule has 0 N–H and O–H groups in total. The Morgan fingerprint density at radius 2 is 0.892 bits per heavy atom. The topological polar surface area (TPSA) is 0 Å². The molecule has 0 aliphatic carbocycles. The van der Waals surface area contributed by atoms with Gasteiger partial charge in [0.15, 0.2) is 0 Å². The number of benzene rings is 3. The third kappa shape index (κ3) is 17.9. The van der Waals surface area contributed by atoms with E-state index in [2.05, 4.69) is 153 Å². The van der Waals surface area contributed by atoms with Crippen LogP contribution in [0, 0.1) is 20.3 Å². The third-order valence-corrected chi connectivity index (χ3v) is 17.2. The summed E-state index contributed by atoms with van der Waals surface area (Å²) in [4.78, 5) is 0. The van der Waals surface area contributed by atoms with Crippen molar-refractivity contribution in [3.05, 3.63) is 111 Å². The second-order valence-electron chi connectivity index (χ2n) is 8.64. The Kier molecular flexibility index (Phi) is 27.3. The van der Waals surface area contributed by atoms with Gasteiger partial charge in [-0.2, -0.15) is 0 Å². The van der Waals surface area contributed by atoms with Crippen molar-refractivity contribution in [3.8, 4) is 0 Å². The van der Waals surface area contributed by atoms with Crippen molar-refractivity contribution in [1.29, 1.82) is 0 Å². The van der Waals surface area contributed by atoms with E-state index in [9.17, 15) is 0 Å². The molecule has 0 spiro atoms. The van der Waals surface area contributed by atoms with Crippen LogP contribution in [0.2, 0.25) is 13.3 Å². The minimum Gasteiger partial charge on any atom is -0.0622 e. The fraction of sp³-hybridized carbons (Fsp3) is 0.364. The van der Waals surface area contributed by atoms with Crippen molar-refractivity contribution >= 4 is 53.1 Å². The molecule has 4 heteroatoms. The Bertz CT molecular complexity index is 720. The first-order valence-corrected chi connectivity index (χ1v) is 22.8. The zero-order valence-corrected chi connectivity index (χ0v) is 29.1. The van der Waals surface area contributed by atoms with Gasteiger partial charge in [-0.15, -0.1) is 0 Å². The van der Waals surface area contributed by atoms with Gasteiger partial charge in [0.05, 0.1) is 0 Å². The number of halogens is 1. The largest absolute Gasteiger partial charge is 0.0622 e. The van der Waals surface area contributed by atoms with Gasteiger partial charge in [-0.25, -0.2) is 6.42 Å². The molecule has 0 aromatic heterocycles. The second kappa shape index (κ2) is 27.4. The summed E-state index contributed by atoms with van der Waals surface area (Å²) in [5.41, 5.74) is 0. The normalized spacial score (nSPS) is 9.76. The molecular weight excluding hydrogens is 688 g/mol. The fourth-order valence-electron chi connectivity index (χ4n) is 3.83. The van der Waals surface area contributed by atoms with E-state index >= 15 is 0 Å². The van der Waals surface area contributed by atoms with Crippen molar-refractivity contribution in [2.75, 3.05) is 0 Å². The van der Waals surface area contributed by atoms with Gasteiger partial charge in [0.25, 0.3) is 0 Å². The first-order chi connectivity index (χ1) is 18.2. The predicted octanol–water partition coefficient (Wildman–Crippen LogP) is 9.75. The zero-order chi connectivity index (χ0) is 27.6. The van der Waals surface area contributed by atoms with E-state index in [1.54, 1.807) is 13.3 Å². The minimum atomic E-state index is -0.839. The Morgan fingerprint density at radius 3 is 1.11 bits per heavy atom.